The van der Waals surface area contributed by atoms with Crippen LogP contribution in [0.1, 0.15) is 1.43 Å². The Morgan fingerprint density at radius 3 is 0.900 bits per heavy atom. The van der Waals surface area contributed by atoms with Crippen molar-refractivity contribution in [1.29, 1.82) is 0 Å². The van der Waals surface area contributed by atoms with Crippen LogP contribution in [-0.2, 0) is 4.46 Å². The smallest absolute Gasteiger partial charge is 1.00 e. The monoisotopic (exact) mass is 176 g/mol. The molecule has 0 aromatic heterocycles. The van der Waals surface area contributed by atoms with E-state index in [0.29, 0.717) is 0 Å². The van der Waals surface area contributed by atoms with Crippen molar-refractivity contribution in [3.8, 4) is 0 Å². The van der Waals surface area contributed by atoms with Crippen LogP contribution in [0.2, 0.25) is 0 Å². The molecule has 8 nitrogen and oxygen atoms in total. The summed E-state index contributed by atoms with van der Waals surface area (Å²) in [5.41, 5.74) is 0. The minimum Gasteiger partial charge on any atom is -1.00 e. The fourth-order valence-corrected chi connectivity index (χ4v) is 0. The first-order chi connectivity index (χ1) is 1.73. The normalized spacial score (nSPS) is 2.40. The minimum absolute atomic E-state index is 0. The molecule has 0 saturated heterocycles. The van der Waals surface area contributed by atoms with Gasteiger partial charge in [0.15, 0.2) is 0 Å². The van der Waals surface area contributed by atoms with Crippen LogP contribution in [0.15, 0.2) is 0 Å². The van der Waals surface area contributed by atoms with Crippen LogP contribution in [0.3, 0.4) is 0 Å². The molecule has 0 aliphatic rings. The number of rotatable bonds is 0. The van der Waals surface area contributed by atoms with Crippen LogP contribution < -0.4 is 18.9 Å². The van der Waals surface area contributed by atoms with Gasteiger partial charge in [-0.05, 0) is 0 Å². The third kappa shape index (κ3) is 1930000. The summed E-state index contributed by atoms with van der Waals surface area (Å²) in [6.07, 6.45) is 0. The van der Waals surface area contributed by atoms with Gasteiger partial charge in [-0.3, -0.25) is 4.46 Å². The third-order valence-corrected chi connectivity index (χ3v) is 0. The van der Waals surface area contributed by atoms with Crippen molar-refractivity contribution in [2.75, 3.05) is 0 Å². The van der Waals surface area contributed by atoms with Crippen LogP contribution in [0.5, 0.6) is 0 Å². The maximum absolute atomic E-state index is 8.74. The Labute approximate surface area is 71.6 Å². The molecule has 0 atom stereocenters. The molecule has 0 aromatic carbocycles. The summed E-state index contributed by atoms with van der Waals surface area (Å²) < 4.78 is 8.74. The molecular weight excluding hydrogens is 163 g/mol. The van der Waals surface area contributed by atoms with Crippen LogP contribution in [-0.4, -0.2) is 46.1 Å². The van der Waals surface area contributed by atoms with Crippen molar-refractivity contribution in [3.63, 3.8) is 0 Å². The predicted molar refractivity (Wildman–Crippen MR) is 30.1 cm³/mol. The molecule has 10 heavy (non-hydrogen) atoms. The Kier molecular flexibility index (Phi) is 571. The van der Waals surface area contributed by atoms with Gasteiger partial charge in [-0.2, -0.15) is 0 Å². The van der Waals surface area contributed by atoms with Crippen molar-refractivity contribution in [2.45, 2.75) is 0 Å². The topological polar surface area (TPSA) is 215 Å². The van der Waals surface area contributed by atoms with E-state index in [1.165, 1.54) is 0 Å². The predicted octanol–water partition coefficient (Wildman–Crippen LogP) is -8.62. The zero-order valence-electron chi connectivity index (χ0n) is 6.30. The molecule has 0 unspecified atom stereocenters. The summed E-state index contributed by atoms with van der Waals surface area (Å²) in [4.78, 5) is 14.3. The van der Waals surface area contributed by atoms with Gasteiger partial charge < -0.3 is 38.4 Å². The Morgan fingerprint density at radius 2 is 0.900 bits per heavy atom. The third-order valence-electron chi connectivity index (χ3n) is 0. The molecule has 0 aromatic rings. The van der Waals surface area contributed by atoms with E-state index in [4.69, 9.17) is 14.1 Å². The second kappa shape index (κ2) is 63.7. The molecule has 10 heteroatoms. The maximum atomic E-state index is 8.74. The van der Waals surface area contributed by atoms with E-state index < -0.39 is 9.17 Å². The van der Waals surface area contributed by atoms with Gasteiger partial charge in [0, 0.05) is 0 Å². The second-order valence-electron chi connectivity index (χ2n) is 0.283. The van der Waals surface area contributed by atoms with Crippen molar-refractivity contribution >= 4 is 9.17 Å². The van der Waals surface area contributed by atoms with Crippen LogP contribution in [0.25, 0.3) is 0 Å². The van der Waals surface area contributed by atoms with Gasteiger partial charge in [-0.15, -0.1) is 0 Å². The fraction of sp³-hybridized carbons (Fsp3) is 0. The first kappa shape index (κ1) is 89.6. The summed E-state index contributed by atoms with van der Waals surface area (Å²) >= 11 is 0. The molecule has 0 rings (SSSR count). The molecule has 12 N–H and O–H groups in total. The van der Waals surface area contributed by atoms with Gasteiger partial charge >= 0.3 is 28.0 Å². The first-order valence-electron chi connectivity index (χ1n) is 0.651. The minimum atomic E-state index is -3.13. The van der Waals surface area contributed by atoms with Crippen molar-refractivity contribution in [1.82, 2.24) is 0 Å². The van der Waals surface area contributed by atoms with Gasteiger partial charge in [0.05, 0.1) is 0 Å². The van der Waals surface area contributed by atoms with Crippen LogP contribution in [0, 0.1) is 0 Å². The molecule has 0 bridgehead atoms. The summed E-state index contributed by atoms with van der Waals surface area (Å²) in [6.45, 7) is 0. The molecule has 0 spiro atoms. The Morgan fingerprint density at radius 1 is 0.900 bits per heavy atom. The van der Waals surface area contributed by atoms with E-state index in [0.717, 1.165) is 0 Å². The summed E-state index contributed by atoms with van der Waals surface area (Å²) in [6, 6.07) is 0. The number of hydrogen-bond donors (Lipinski definition) is 2. The molecule has 66 valence electrons. The zero-order chi connectivity index (χ0) is 3.58. The summed E-state index contributed by atoms with van der Waals surface area (Å²) in [5.74, 6) is 0. The Balaban J connectivity index is -0.00000000214. The van der Waals surface area contributed by atoms with Gasteiger partial charge in [-0.25, -0.2) is 0 Å². The number of hydrogen-bond acceptors (Lipinski definition) is 1. The average molecular weight is 176 g/mol. The molecule has 0 fully saturated rings. The van der Waals surface area contributed by atoms with Gasteiger partial charge in [0.25, 0.3) is 0 Å². The van der Waals surface area contributed by atoms with E-state index in [9.17, 15) is 0 Å². The van der Waals surface area contributed by atoms with E-state index >= 15 is 0 Å². The first-order valence-corrected chi connectivity index (χ1v) is 1.95. The Hall–Kier alpha value is 0.0143. The molecule has 0 heterocycles. The molecule has 0 saturated carbocycles. The quantitative estimate of drug-likeness (QED) is 0.344. The molecule has 0 radical (unpaired) electrons. The van der Waals surface area contributed by atoms with Crippen molar-refractivity contribution < 1.29 is 61.7 Å². The largest absolute Gasteiger partial charge is 1.00 e. The fourth-order valence-electron chi connectivity index (χ4n) is 0. The molecule has 0 amide bonds. The van der Waals surface area contributed by atoms with E-state index in [1.54, 1.807) is 0 Å². The standard InChI is InChI=1S/Li.H2O3Si.5H2O.H/c;1-4(2)3;;;;;;/h;1-2H;5*1H2;/q+1;;;;;;;-1. The van der Waals surface area contributed by atoms with Gasteiger partial charge in [0.2, 0.25) is 0 Å². The van der Waals surface area contributed by atoms with Gasteiger partial charge in [-0.1, -0.05) is 0 Å². The second-order valence-corrected chi connectivity index (χ2v) is 0.848. The Bertz CT molecular complexity index is 37.1. The molecule has 0 aliphatic heterocycles. The summed E-state index contributed by atoms with van der Waals surface area (Å²) in [7, 11) is -3.13. The van der Waals surface area contributed by atoms with Gasteiger partial charge in [0.1, 0.15) is 0 Å². The maximum Gasteiger partial charge on any atom is 1.00 e. The molecular formula is H13LiO8Si. The van der Waals surface area contributed by atoms with Crippen LogP contribution >= 0.6 is 0 Å². The van der Waals surface area contributed by atoms with Crippen molar-refractivity contribution in [2.24, 2.45) is 0 Å². The van der Waals surface area contributed by atoms with E-state index in [2.05, 4.69) is 0 Å². The van der Waals surface area contributed by atoms with Crippen LogP contribution in [0.4, 0.5) is 0 Å². The summed E-state index contributed by atoms with van der Waals surface area (Å²) in [5, 5.41) is 0. The SMILES string of the molecule is O.O.O.O.O.O=[Si](O)O.[H-].[Li+]. The van der Waals surface area contributed by atoms with Crippen molar-refractivity contribution in [3.05, 3.63) is 0 Å². The molecule has 0 aliphatic carbocycles. The average Bonchev–Trinajstić information content (AvgIpc) is 0.811. The zero-order valence-corrected chi connectivity index (χ0v) is 6.30. The van der Waals surface area contributed by atoms with E-state index in [-0.39, 0.29) is 47.7 Å². The van der Waals surface area contributed by atoms with E-state index in [1.807, 2.05) is 0 Å².